The first kappa shape index (κ1) is 12.2. The molecule has 1 heterocycles. The van der Waals surface area contributed by atoms with Crippen LogP contribution in [0.1, 0.15) is 10.4 Å². The van der Waals surface area contributed by atoms with E-state index in [4.69, 9.17) is 9.84 Å². The molecular weight excluding hydrogens is 245 g/mol. The van der Waals surface area contributed by atoms with Gasteiger partial charge in [0.1, 0.15) is 24.6 Å². The summed E-state index contributed by atoms with van der Waals surface area (Å²) < 4.78 is 18.1. The predicted molar refractivity (Wildman–Crippen MR) is 56.7 cm³/mol. The van der Waals surface area contributed by atoms with E-state index in [2.05, 4.69) is 0 Å². The van der Waals surface area contributed by atoms with E-state index in [-0.39, 0.29) is 18.9 Å². The number of hydrogen-bond acceptors (Lipinski definition) is 4. The molecule has 1 fully saturated rings. The third kappa shape index (κ3) is 1.95. The molecule has 1 N–H and O–H groups in total. The summed E-state index contributed by atoms with van der Waals surface area (Å²) in [5.74, 6) is -4.00. The number of carboxylic acids is 1. The van der Waals surface area contributed by atoms with Crippen molar-refractivity contribution >= 4 is 23.5 Å². The summed E-state index contributed by atoms with van der Waals surface area (Å²) in [4.78, 5) is 34.7. The molecular formula is C11H8FNO5. The quantitative estimate of drug-likeness (QED) is 0.772. The van der Waals surface area contributed by atoms with E-state index in [1.807, 2.05) is 0 Å². The van der Waals surface area contributed by atoms with Gasteiger partial charge in [-0.25, -0.2) is 14.1 Å². The molecule has 0 spiro atoms. The molecule has 0 radical (unpaired) electrons. The highest BCUT2D eigenvalue weighted by atomic mass is 19.1. The highest BCUT2D eigenvalue weighted by Gasteiger charge is 2.32. The standard InChI is InChI=1S/C11H8FNO5/c12-6-2-1-3-7(10(6)11(16)17)13-8(14)4-18-5-9(13)15/h1-3H,4-5H2,(H,16,17). The number of anilines is 1. The number of carbonyl (C=O) groups excluding carboxylic acids is 2. The summed E-state index contributed by atoms with van der Waals surface area (Å²) in [6.45, 7) is -0.692. The van der Waals surface area contributed by atoms with E-state index in [1.165, 1.54) is 12.1 Å². The van der Waals surface area contributed by atoms with Gasteiger partial charge in [0.2, 0.25) is 0 Å². The van der Waals surface area contributed by atoms with Crippen LogP contribution in [-0.4, -0.2) is 36.1 Å². The van der Waals surface area contributed by atoms with Crippen molar-refractivity contribution in [3.63, 3.8) is 0 Å². The smallest absolute Gasteiger partial charge is 0.340 e. The van der Waals surface area contributed by atoms with Gasteiger partial charge in [0.25, 0.3) is 11.8 Å². The maximum atomic E-state index is 13.4. The number of carboxylic acid groups (broad SMARTS) is 1. The molecule has 1 aromatic carbocycles. The lowest BCUT2D eigenvalue weighted by Crippen LogP contribution is -2.47. The fraction of sp³-hybridized carbons (Fsp3) is 0.182. The molecule has 0 saturated carbocycles. The Labute approximate surface area is 101 Å². The van der Waals surface area contributed by atoms with Gasteiger partial charge in [0.15, 0.2) is 0 Å². The van der Waals surface area contributed by atoms with Crippen LogP contribution >= 0.6 is 0 Å². The van der Waals surface area contributed by atoms with Crippen molar-refractivity contribution in [3.8, 4) is 0 Å². The summed E-state index contributed by atoms with van der Waals surface area (Å²) >= 11 is 0. The zero-order valence-corrected chi connectivity index (χ0v) is 9.05. The van der Waals surface area contributed by atoms with Gasteiger partial charge >= 0.3 is 5.97 Å². The number of carbonyl (C=O) groups is 3. The SMILES string of the molecule is O=C(O)c1c(F)cccc1N1C(=O)COCC1=O. The largest absolute Gasteiger partial charge is 0.478 e. The van der Waals surface area contributed by atoms with Gasteiger partial charge < -0.3 is 9.84 Å². The van der Waals surface area contributed by atoms with Crippen molar-refractivity contribution in [2.45, 2.75) is 0 Å². The third-order valence-corrected chi connectivity index (χ3v) is 2.40. The Kier molecular flexibility index (Phi) is 3.07. The van der Waals surface area contributed by atoms with E-state index < -0.39 is 29.2 Å². The number of imide groups is 1. The molecule has 0 aromatic heterocycles. The number of hydrogen-bond donors (Lipinski definition) is 1. The first-order chi connectivity index (χ1) is 8.52. The topological polar surface area (TPSA) is 83.9 Å². The number of morpholine rings is 1. The summed E-state index contributed by atoms with van der Waals surface area (Å²) in [5.41, 5.74) is -0.984. The zero-order valence-electron chi connectivity index (χ0n) is 9.05. The highest BCUT2D eigenvalue weighted by Crippen LogP contribution is 2.25. The molecule has 1 aliphatic heterocycles. The van der Waals surface area contributed by atoms with Gasteiger partial charge in [-0.3, -0.25) is 9.59 Å². The number of benzene rings is 1. The second kappa shape index (κ2) is 4.53. The lowest BCUT2D eigenvalue weighted by atomic mass is 10.1. The average Bonchev–Trinajstić information content (AvgIpc) is 2.28. The molecule has 7 heteroatoms. The lowest BCUT2D eigenvalue weighted by Gasteiger charge is -2.26. The van der Waals surface area contributed by atoms with Crippen molar-refractivity contribution in [3.05, 3.63) is 29.6 Å². The van der Waals surface area contributed by atoms with E-state index in [0.717, 1.165) is 6.07 Å². The van der Waals surface area contributed by atoms with Crippen LogP contribution in [0.4, 0.5) is 10.1 Å². The Bertz CT molecular complexity index is 526. The summed E-state index contributed by atoms with van der Waals surface area (Å²) in [6.07, 6.45) is 0. The molecule has 0 bridgehead atoms. The minimum absolute atomic E-state index is 0.277. The van der Waals surface area contributed by atoms with Gasteiger partial charge in [-0.05, 0) is 12.1 Å². The molecule has 6 nitrogen and oxygen atoms in total. The number of amides is 2. The number of ether oxygens (including phenoxy) is 1. The van der Waals surface area contributed by atoms with Gasteiger partial charge in [0, 0.05) is 0 Å². The fourth-order valence-corrected chi connectivity index (χ4v) is 1.67. The first-order valence-electron chi connectivity index (χ1n) is 4.97. The van der Waals surface area contributed by atoms with Gasteiger partial charge in [0.05, 0.1) is 5.69 Å². The Hall–Kier alpha value is -2.28. The van der Waals surface area contributed by atoms with Crippen molar-refractivity contribution in [1.29, 1.82) is 0 Å². The molecule has 0 unspecified atom stereocenters. The van der Waals surface area contributed by atoms with Crippen LogP contribution in [0.15, 0.2) is 18.2 Å². The molecule has 94 valence electrons. The molecule has 2 amide bonds. The maximum absolute atomic E-state index is 13.4. The van der Waals surface area contributed by atoms with Crippen molar-refractivity contribution < 1.29 is 28.6 Å². The average molecular weight is 253 g/mol. The molecule has 1 saturated heterocycles. The molecule has 0 aliphatic carbocycles. The van der Waals surface area contributed by atoms with Crippen molar-refractivity contribution in [2.75, 3.05) is 18.1 Å². The maximum Gasteiger partial charge on any atom is 0.340 e. The number of rotatable bonds is 2. The molecule has 1 aromatic rings. The van der Waals surface area contributed by atoms with Crippen LogP contribution in [-0.2, 0) is 14.3 Å². The molecule has 18 heavy (non-hydrogen) atoms. The van der Waals surface area contributed by atoms with E-state index >= 15 is 0 Å². The fourth-order valence-electron chi connectivity index (χ4n) is 1.67. The lowest BCUT2D eigenvalue weighted by molar-refractivity contribution is -0.138. The monoisotopic (exact) mass is 253 g/mol. The van der Waals surface area contributed by atoms with Crippen LogP contribution in [0.25, 0.3) is 0 Å². The Balaban J connectivity index is 2.56. The highest BCUT2D eigenvalue weighted by molar-refractivity contribution is 6.19. The molecule has 1 aliphatic rings. The molecule has 2 rings (SSSR count). The van der Waals surface area contributed by atoms with Crippen molar-refractivity contribution in [2.24, 2.45) is 0 Å². The minimum atomic E-state index is -1.55. The normalized spacial score (nSPS) is 15.9. The van der Waals surface area contributed by atoms with Crippen LogP contribution in [0, 0.1) is 5.82 Å². The second-order valence-corrected chi connectivity index (χ2v) is 3.55. The van der Waals surface area contributed by atoms with Crippen LogP contribution in [0.3, 0.4) is 0 Å². The number of halogens is 1. The van der Waals surface area contributed by atoms with Crippen molar-refractivity contribution in [1.82, 2.24) is 0 Å². The summed E-state index contributed by atoms with van der Waals surface area (Å²) in [7, 11) is 0. The van der Waals surface area contributed by atoms with Crippen LogP contribution in [0.5, 0.6) is 0 Å². The van der Waals surface area contributed by atoms with E-state index in [9.17, 15) is 18.8 Å². The first-order valence-corrected chi connectivity index (χ1v) is 4.97. The summed E-state index contributed by atoms with van der Waals surface area (Å²) in [5, 5.41) is 8.93. The van der Waals surface area contributed by atoms with E-state index in [0.29, 0.717) is 4.90 Å². The minimum Gasteiger partial charge on any atom is -0.478 e. The predicted octanol–water partition coefficient (Wildman–Crippen LogP) is 0.414. The van der Waals surface area contributed by atoms with Gasteiger partial charge in [-0.15, -0.1) is 0 Å². The Morgan fingerprint density at radius 1 is 1.28 bits per heavy atom. The van der Waals surface area contributed by atoms with Gasteiger partial charge in [-0.2, -0.15) is 0 Å². The Morgan fingerprint density at radius 2 is 1.89 bits per heavy atom. The van der Waals surface area contributed by atoms with E-state index in [1.54, 1.807) is 0 Å². The summed E-state index contributed by atoms with van der Waals surface area (Å²) in [6, 6.07) is 3.38. The number of aromatic carboxylic acids is 1. The third-order valence-electron chi connectivity index (χ3n) is 2.40. The number of nitrogens with zero attached hydrogens (tertiary/aromatic N) is 1. The molecule has 0 atom stereocenters. The Morgan fingerprint density at radius 3 is 2.44 bits per heavy atom. The van der Waals surface area contributed by atoms with Crippen LogP contribution < -0.4 is 4.90 Å². The van der Waals surface area contributed by atoms with Crippen LogP contribution in [0.2, 0.25) is 0 Å². The second-order valence-electron chi connectivity index (χ2n) is 3.55. The van der Waals surface area contributed by atoms with Gasteiger partial charge in [-0.1, -0.05) is 6.07 Å². The zero-order chi connectivity index (χ0) is 13.3.